The number of ether oxygens (including phenoxy) is 1. The molecule has 2 N–H and O–H groups in total. The summed E-state index contributed by atoms with van der Waals surface area (Å²) in [6.07, 6.45) is 6.68. The number of rotatable bonds is 3. The van der Waals surface area contributed by atoms with E-state index in [2.05, 4.69) is 25.9 Å². The summed E-state index contributed by atoms with van der Waals surface area (Å²) in [4.78, 5) is 8.74. The molecule has 1 aliphatic rings. The zero-order valence-electron chi connectivity index (χ0n) is 10.7. The first-order chi connectivity index (χ1) is 9.24. The average molecular weight is 325 g/mol. The molecule has 5 nitrogen and oxygen atoms in total. The van der Waals surface area contributed by atoms with Crippen LogP contribution in [0.3, 0.4) is 0 Å². The molecule has 1 atom stereocenters. The van der Waals surface area contributed by atoms with Gasteiger partial charge >= 0.3 is 0 Å². The fourth-order valence-corrected chi connectivity index (χ4v) is 2.85. The number of pyridine rings is 1. The lowest BCUT2D eigenvalue weighted by Crippen LogP contribution is -2.21. The highest BCUT2D eigenvalue weighted by molar-refractivity contribution is 9.10. The number of hydrogen-bond acceptors (Lipinski definition) is 4. The van der Waals surface area contributed by atoms with E-state index in [1.807, 2.05) is 10.6 Å². The van der Waals surface area contributed by atoms with E-state index in [1.165, 1.54) is 12.8 Å². The lowest BCUT2D eigenvalue weighted by Gasteiger charge is -2.22. The van der Waals surface area contributed by atoms with Crippen LogP contribution >= 0.6 is 15.9 Å². The number of halogens is 1. The van der Waals surface area contributed by atoms with Crippen LogP contribution in [0.4, 0.5) is 5.95 Å². The van der Waals surface area contributed by atoms with Crippen LogP contribution in [0.1, 0.15) is 25.7 Å². The minimum Gasteiger partial charge on any atom is -0.378 e. The minimum absolute atomic E-state index is 0.348. The number of anilines is 1. The summed E-state index contributed by atoms with van der Waals surface area (Å²) in [6.45, 7) is 1.69. The molecule has 0 aliphatic carbocycles. The Morgan fingerprint density at radius 3 is 3.16 bits per heavy atom. The zero-order chi connectivity index (χ0) is 13.2. The third-order valence-electron chi connectivity index (χ3n) is 3.53. The van der Waals surface area contributed by atoms with E-state index in [-0.39, 0.29) is 0 Å². The number of nitrogens with zero attached hydrogens (tertiary/aromatic N) is 3. The molecule has 1 fully saturated rings. The molecule has 1 unspecified atom stereocenters. The van der Waals surface area contributed by atoms with Crippen molar-refractivity contribution in [3.05, 3.63) is 16.7 Å². The molecule has 0 saturated carbocycles. The Morgan fingerprint density at radius 1 is 1.47 bits per heavy atom. The fourth-order valence-electron chi connectivity index (χ4n) is 2.53. The quantitative estimate of drug-likeness (QED) is 0.942. The Kier molecular flexibility index (Phi) is 3.70. The smallest absolute Gasteiger partial charge is 0.202 e. The maximum Gasteiger partial charge on any atom is 0.202 e. The van der Waals surface area contributed by atoms with Gasteiger partial charge < -0.3 is 10.5 Å². The molecule has 6 heteroatoms. The highest BCUT2D eigenvalue weighted by atomic mass is 79.9. The predicted octanol–water partition coefficient (Wildman–Crippen LogP) is 2.74. The monoisotopic (exact) mass is 324 g/mol. The number of imidazole rings is 1. The van der Waals surface area contributed by atoms with E-state index in [9.17, 15) is 0 Å². The molecule has 1 aliphatic heterocycles. The molecule has 1 saturated heterocycles. The number of nitrogen functional groups attached to an aromatic ring is 1. The Bertz CT molecular complexity index is 577. The molecule has 2 aromatic heterocycles. The van der Waals surface area contributed by atoms with Crippen molar-refractivity contribution in [3.8, 4) is 0 Å². The Balaban J connectivity index is 1.78. The van der Waals surface area contributed by atoms with Crippen LogP contribution in [0.2, 0.25) is 0 Å². The van der Waals surface area contributed by atoms with Gasteiger partial charge in [-0.1, -0.05) is 0 Å². The van der Waals surface area contributed by atoms with Crippen LogP contribution in [-0.2, 0) is 11.3 Å². The predicted molar refractivity (Wildman–Crippen MR) is 77.8 cm³/mol. The van der Waals surface area contributed by atoms with Gasteiger partial charge in [-0.3, -0.25) is 4.57 Å². The van der Waals surface area contributed by atoms with Gasteiger partial charge in [-0.2, -0.15) is 0 Å². The van der Waals surface area contributed by atoms with Crippen molar-refractivity contribution in [3.63, 3.8) is 0 Å². The SMILES string of the molecule is Nc1nc2cc(Br)cnc2n1CCC1CCCCO1. The first kappa shape index (κ1) is 12.9. The van der Waals surface area contributed by atoms with Crippen LogP contribution < -0.4 is 5.73 Å². The van der Waals surface area contributed by atoms with Crippen molar-refractivity contribution in [1.82, 2.24) is 14.5 Å². The fraction of sp³-hybridized carbons (Fsp3) is 0.538. The standard InChI is InChI=1S/C13H17BrN4O/c14-9-7-11-12(16-8-9)18(13(15)17-11)5-4-10-3-1-2-6-19-10/h7-8,10H,1-6H2,(H2,15,17). The molecule has 0 radical (unpaired) electrons. The third-order valence-corrected chi connectivity index (χ3v) is 3.96. The minimum atomic E-state index is 0.348. The topological polar surface area (TPSA) is 66.0 Å². The summed E-state index contributed by atoms with van der Waals surface area (Å²) in [7, 11) is 0. The first-order valence-corrected chi connectivity index (χ1v) is 7.42. The molecule has 19 heavy (non-hydrogen) atoms. The Morgan fingerprint density at radius 2 is 2.37 bits per heavy atom. The van der Waals surface area contributed by atoms with E-state index < -0.39 is 0 Å². The van der Waals surface area contributed by atoms with Gasteiger partial charge in [-0.25, -0.2) is 9.97 Å². The summed E-state index contributed by atoms with van der Waals surface area (Å²) in [5.74, 6) is 0.524. The summed E-state index contributed by atoms with van der Waals surface area (Å²) in [5, 5.41) is 0. The number of hydrogen-bond donors (Lipinski definition) is 1. The second-order valence-electron chi connectivity index (χ2n) is 4.90. The van der Waals surface area contributed by atoms with Crippen LogP contribution in [0.25, 0.3) is 11.2 Å². The van der Waals surface area contributed by atoms with Gasteiger partial charge in [-0.15, -0.1) is 0 Å². The highest BCUT2D eigenvalue weighted by Crippen LogP contribution is 2.22. The summed E-state index contributed by atoms with van der Waals surface area (Å²) in [5.41, 5.74) is 7.65. The lowest BCUT2D eigenvalue weighted by molar-refractivity contribution is 0.00904. The van der Waals surface area contributed by atoms with Gasteiger partial charge in [0.1, 0.15) is 5.52 Å². The van der Waals surface area contributed by atoms with Gasteiger partial charge in [0.2, 0.25) is 5.95 Å². The van der Waals surface area contributed by atoms with Gasteiger partial charge in [-0.05, 0) is 47.7 Å². The van der Waals surface area contributed by atoms with Crippen molar-refractivity contribution in [2.75, 3.05) is 12.3 Å². The Labute approximate surface area is 120 Å². The molecule has 102 valence electrons. The summed E-state index contributed by atoms with van der Waals surface area (Å²) in [6, 6.07) is 1.94. The van der Waals surface area contributed by atoms with Crippen LogP contribution in [0.5, 0.6) is 0 Å². The maximum atomic E-state index is 5.97. The average Bonchev–Trinajstić information content (AvgIpc) is 2.72. The molecular formula is C13H17BrN4O. The van der Waals surface area contributed by atoms with Crippen molar-refractivity contribution in [1.29, 1.82) is 0 Å². The first-order valence-electron chi connectivity index (χ1n) is 6.63. The number of fused-ring (bicyclic) bond motifs is 1. The van der Waals surface area contributed by atoms with Crippen molar-refractivity contribution in [2.24, 2.45) is 0 Å². The number of aromatic nitrogens is 3. The molecular weight excluding hydrogens is 308 g/mol. The van der Waals surface area contributed by atoms with Crippen LogP contribution in [0, 0.1) is 0 Å². The highest BCUT2D eigenvalue weighted by Gasteiger charge is 2.16. The van der Waals surface area contributed by atoms with Crippen LogP contribution in [-0.4, -0.2) is 27.2 Å². The van der Waals surface area contributed by atoms with Gasteiger partial charge in [0.05, 0.1) is 6.10 Å². The zero-order valence-corrected chi connectivity index (χ0v) is 12.3. The molecule has 0 bridgehead atoms. The second-order valence-corrected chi connectivity index (χ2v) is 5.81. The van der Waals surface area contributed by atoms with Gasteiger partial charge in [0.25, 0.3) is 0 Å². The lowest BCUT2D eigenvalue weighted by atomic mass is 10.1. The molecule has 0 aromatic carbocycles. The second kappa shape index (κ2) is 5.46. The Hall–Kier alpha value is -1.14. The molecule has 0 spiro atoms. The van der Waals surface area contributed by atoms with Gasteiger partial charge in [0, 0.05) is 23.8 Å². The third kappa shape index (κ3) is 2.74. The number of aryl methyl sites for hydroxylation is 1. The van der Waals surface area contributed by atoms with Crippen molar-refractivity contribution in [2.45, 2.75) is 38.3 Å². The van der Waals surface area contributed by atoms with Crippen molar-refractivity contribution >= 4 is 33.0 Å². The summed E-state index contributed by atoms with van der Waals surface area (Å²) >= 11 is 3.40. The van der Waals surface area contributed by atoms with Crippen LogP contribution in [0.15, 0.2) is 16.7 Å². The van der Waals surface area contributed by atoms with E-state index in [0.29, 0.717) is 12.1 Å². The van der Waals surface area contributed by atoms with Gasteiger partial charge in [0.15, 0.2) is 5.65 Å². The van der Waals surface area contributed by atoms with E-state index >= 15 is 0 Å². The molecule has 3 heterocycles. The molecule has 2 aromatic rings. The maximum absolute atomic E-state index is 5.97. The largest absolute Gasteiger partial charge is 0.378 e. The van der Waals surface area contributed by atoms with E-state index in [4.69, 9.17) is 10.5 Å². The van der Waals surface area contributed by atoms with E-state index in [1.54, 1.807) is 6.20 Å². The normalized spacial score (nSPS) is 19.9. The number of nitrogens with two attached hydrogens (primary N) is 1. The molecule has 0 amide bonds. The summed E-state index contributed by atoms with van der Waals surface area (Å²) < 4.78 is 8.63. The molecule has 3 rings (SSSR count). The van der Waals surface area contributed by atoms with E-state index in [0.717, 1.165) is 41.6 Å². The van der Waals surface area contributed by atoms with Crippen molar-refractivity contribution < 1.29 is 4.74 Å².